The lowest BCUT2D eigenvalue weighted by Gasteiger charge is -2.17. The van der Waals surface area contributed by atoms with Crippen LogP contribution in [0.25, 0.3) is 0 Å². The first-order chi connectivity index (χ1) is 6.56. The van der Waals surface area contributed by atoms with Gasteiger partial charge in [0.2, 0.25) is 0 Å². The quantitative estimate of drug-likeness (QED) is 0.702. The topological polar surface area (TPSA) is 52.5 Å². The Morgan fingerprint density at radius 1 is 1.43 bits per heavy atom. The van der Waals surface area contributed by atoms with Gasteiger partial charge >= 0.3 is 0 Å². The summed E-state index contributed by atoms with van der Waals surface area (Å²) in [5.41, 5.74) is 0.843. The third-order valence-corrected chi connectivity index (χ3v) is 3.16. The SMILES string of the molecule is CNCC(O)C(O)c1cc(C)sc1C. The molecule has 80 valence electrons. The predicted molar refractivity (Wildman–Crippen MR) is 58.7 cm³/mol. The monoisotopic (exact) mass is 215 g/mol. The lowest BCUT2D eigenvalue weighted by Crippen LogP contribution is -2.29. The Morgan fingerprint density at radius 2 is 2.07 bits per heavy atom. The van der Waals surface area contributed by atoms with Crippen LogP contribution in [0.2, 0.25) is 0 Å². The first-order valence-electron chi connectivity index (χ1n) is 4.64. The van der Waals surface area contributed by atoms with Crippen molar-refractivity contribution in [1.29, 1.82) is 0 Å². The summed E-state index contributed by atoms with van der Waals surface area (Å²) in [6.45, 7) is 4.36. The van der Waals surface area contributed by atoms with E-state index >= 15 is 0 Å². The summed E-state index contributed by atoms with van der Waals surface area (Å²) in [4.78, 5) is 2.23. The Bertz CT molecular complexity index is 298. The van der Waals surface area contributed by atoms with Crippen LogP contribution in [0.1, 0.15) is 21.4 Å². The van der Waals surface area contributed by atoms with E-state index in [-0.39, 0.29) is 0 Å². The summed E-state index contributed by atoms with van der Waals surface area (Å²) in [5.74, 6) is 0. The van der Waals surface area contributed by atoms with E-state index in [2.05, 4.69) is 5.32 Å². The van der Waals surface area contributed by atoms with Gasteiger partial charge in [0.1, 0.15) is 6.10 Å². The number of nitrogens with one attached hydrogen (secondary N) is 1. The average Bonchev–Trinajstić information content (AvgIpc) is 2.44. The molecule has 2 atom stereocenters. The molecule has 2 unspecified atom stereocenters. The summed E-state index contributed by atoms with van der Waals surface area (Å²) in [7, 11) is 1.75. The molecule has 0 aliphatic heterocycles. The first-order valence-corrected chi connectivity index (χ1v) is 5.45. The molecule has 0 saturated heterocycles. The van der Waals surface area contributed by atoms with E-state index in [0.717, 1.165) is 15.3 Å². The molecule has 1 aromatic rings. The number of likely N-dealkylation sites (N-methyl/N-ethyl adjacent to an activating group) is 1. The van der Waals surface area contributed by atoms with Crippen molar-refractivity contribution in [3.05, 3.63) is 21.4 Å². The largest absolute Gasteiger partial charge is 0.389 e. The van der Waals surface area contributed by atoms with E-state index in [1.165, 1.54) is 0 Å². The number of thiophene rings is 1. The van der Waals surface area contributed by atoms with Crippen LogP contribution in [-0.2, 0) is 0 Å². The molecule has 0 fully saturated rings. The maximum Gasteiger partial charge on any atom is 0.107 e. The zero-order valence-electron chi connectivity index (χ0n) is 8.74. The second kappa shape index (κ2) is 4.89. The van der Waals surface area contributed by atoms with E-state index < -0.39 is 12.2 Å². The molecular formula is C10H17NO2S. The lowest BCUT2D eigenvalue weighted by molar-refractivity contribution is 0.0201. The molecule has 0 radical (unpaired) electrons. The fraction of sp³-hybridized carbons (Fsp3) is 0.600. The van der Waals surface area contributed by atoms with Gasteiger partial charge in [-0.3, -0.25) is 0 Å². The summed E-state index contributed by atoms with van der Waals surface area (Å²) in [6.07, 6.45) is -1.53. The van der Waals surface area contributed by atoms with Gasteiger partial charge in [0.15, 0.2) is 0 Å². The Hall–Kier alpha value is -0.420. The number of aryl methyl sites for hydroxylation is 2. The predicted octanol–water partition coefficient (Wildman–Crippen LogP) is 0.979. The second-order valence-corrected chi connectivity index (χ2v) is 4.90. The highest BCUT2D eigenvalue weighted by atomic mass is 32.1. The van der Waals surface area contributed by atoms with Gasteiger partial charge < -0.3 is 15.5 Å². The standard InChI is InChI=1S/C10H17NO2S/c1-6-4-8(7(2)14-6)10(13)9(12)5-11-3/h4,9-13H,5H2,1-3H3. The Kier molecular flexibility index (Phi) is 4.07. The highest BCUT2D eigenvalue weighted by molar-refractivity contribution is 7.12. The van der Waals surface area contributed by atoms with Gasteiger partial charge in [-0.05, 0) is 32.5 Å². The minimum Gasteiger partial charge on any atom is -0.389 e. The number of aliphatic hydroxyl groups excluding tert-OH is 2. The molecule has 3 N–H and O–H groups in total. The molecule has 14 heavy (non-hydrogen) atoms. The molecule has 3 nitrogen and oxygen atoms in total. The van der Waals surface area contributed by atoms with E-state index in [9.17, 15) is 10.2 Å². The minimum absolute atomic E-state index is 0.398. The summed E-state index contributed by atoms with van der Waals surface area (Å²) >= 11 is 1.64. The van der Waals surface area contributed by atoms with Crippen LogP contribution in [0.4, 0.5) is 0 Å². The van der Waals surface area contributed by atoms with Gasteiger partial charge in [0.25, 0.3) is 0 Å². The average molecular weight is 215 g/mol. The van der Waals surface area contributed by atoms with Crippen molar-refractivity contribution >= 4 is 11.3 Å². The van der Waals surface area contributed by atoms with E-state index in [1.807, 2.05) is 19.9 Å². The van der Waals surface area contributed by atoms with Gasteiger partial charge in [-0.15, -0.1) is 11.3 Å². The van der Waals surface area contributed by atoms with Crippen LogP contribution < -0.4 is 5.32 Å². The van der Waals surface area contributed by atoms with Crippen LogP contribution in [0.15, 0.2) is 6.07 Å². The zero-order chi connectivity index (χ0) is 10.7. The Labute approximate surface area is 88.4 Å². The van der Waals surface area contributed by atoms with Crippen molar-refractivity contribution in [2.75, 3.05) is 13.6 Å². The summed E-state index contributed by atoms with van der Waals surface area (Å²) in [6, 6.07) is 1.93. The molecule has 0 saturated carbocycles. The number of rotatable bonds is 4. The van der Waals surface area contributed by atoms with Crippen LogP contribution >= 0.6 is 11.3 Å². The van der Waals surface area contributed by atoms with Crippen LogP contribution in [0.5, 0.6) is 0 Å². The highest BCUT2D eigenvalue weighted by Gasteiger charge is 2.20. The van der Waals surface area contributed by atoms with Crippen LogP contribution in [-0.4, -0.2) is 29.9 Å². The van der Waals surface area contributed by atoms with Crippen molar-refractivity contribution in [3.63, 3.8) is 0 Å². The molecule has 1 aromatic heterocycles. The van der Waals surface area contributed by atoms with Crippen LogP contribution in [0, 0.1) is 13.8 Å². The maximum absolute atomic E-state index is 9.83. The molecule has 4 heteroatoms. The molecule has 0 bridgehead atoms. The van der Waals surface area contributed by atoms with Crippen molar-refractivity contribution in [3.8, 4) is 0 Å². The zero-order valence-corrected chi connectivity index (χ0v) is 9.56. The lowest BCUT2D eigenvalue weighted by atomic mass is 10.1. The second-order valence-electron chi connectivity index (χ2n) is 3.44. The molecule has 0 aromatic carbocycles. The van der Waals surface area contributed by atoms with Gasteiger partial charge in [-0.2, -0.15) is 0 Å². The summed E-state index contributed by atoms with van der Waals surface area (Å²) in [5, 5.41) is 22.3. The van der Waals surface area contributed by atoms with Gasteiger partial charge in [-0.25, -0.2) is 0 Å². The molecule has 0 aliphatic carbocycles. The van der Waals surface area contributed by atoms with Crippen molar-refractivity contribution in [1.82, 2.24) is 5.32 Å². The van der Waals surface area contributed by atoms with Gasteiger partial charge in [0, 0.05) is 16.3 Å². The van der Waals surface area contributed by atoms with Crippen molar-refractivity contribution in [2.45, 2.75) is 26.1 Å². The molecule has 0 spiro atoms. The van der Waals surface area contributed by atoms with Crippen molar-refractivity contribution < 1.29 is 10.2 Å². The van der Waals surface area contributed by atoms with E-state index in [0.29, 0.717) is 6.54 Å². The van der Waals surface area contributed by atoms with Crippen molar-refractivity contribution in [2.24, 2.45) is 0 Å². The summed E-state index contributed by atoms with van der Waals surface area (Å²) < 4.78 is 0. The number of hydrogen-bond acceptors (Lipinski definition) is 4. The third kappa shape index (κ3) is 2.54. The van der Waals surface area contributed by atoms with E-state index in [1.54, 1.807) is 18.4 Å². The maximum atomic E-state index is 9.83. The normalized spacial score (nSPS) is 15.5. The van der Waals surface area contributed by atoms with E-state index in [4.69, 9.17) is 0 Å². The Morgan fingerprint density at radius 3 is 2.50 bits per heavy atom. The Balaban J connectivity index is 2.77. The fourth-order valence-corrected chi connectivity index (χ4v) is 2.44. The van der Waals surface area contributed by atoms with Gasteiger partial charge in [0.05, 0.1) is 6.10 Å². The third-order valence-electron chi connectivity index (χ3n) is 2.18. The molecular weight excluding hydrogens is 198 g/mol. The highest BCUT2D eigenvalue weighted by Crippen LogP contribution is 2.27. The molecule has 0 aliphatic rings. The fourth-order valence-electron chi connectivity index (χ4n) is 1.47. The number of aliphatic hydroxyl groups is 2. The molecule has 0 amide bonds. The first kappa shape index (κ1) is 11.7. The van der Waals surface area contributed by atoms with Crippen LogP contribution in [0.3, 0.4) is 0 Å². The molecule has 1 heterocycles. The number of hydrogen-bond donors (Lipinski definition) is 3. The minimum atomic E-state index is -0.785. The molecule has 1 rings (SSSR count). The van der Waals surface area contributed by atoms with Gasteiger partial charge in [-0.1, -0.05) is 0 Å². The smallest absolute Gasteiger partial charge is 0.107 e.